The first kappa shape index (κ1) is 14.7. The van der Waals surface area contributed by atoms with Crippen LogP contribution in [0.2, 0.25) is 0 Å². The molecule has 0 aliphatic carbocycles. The Labute approximate surface area is 142 Å². The maximum absolute atomic E-state index is 12.7. The molecular weight excluding hydrogens is 378 g/mol. The quantitative estimate of drug-likeness (QED) is 0.422. The second-order valence-corrected chi connectivity index (χ2v) is 5.97. The largest absolute Gasteiger partial charge is 0.348 e. The smallest absolute Gasteiger partial charge is 0.246 e. The van der Waals surface area contributed by atoms with E-state index in [9.17, 15) is 14.4 Å². The van der Waals surface area contributed by atoms with Gasteiger partial charge in [-0.15, -0.1) is 15.3 Å². The minimum atomic E-state index is -0.926. The Morgan fingerprint density at radius 3 is 1.08 bits per heavy atom. The minimum Gasteiger partial charge on any atom is -0.246 e. The summed E-state index contributed by atoms with van der Waals surface area (Å²) >= 11 is 2.86. The first-order valence-electron chi connectivity index (χ1n) is 6.02. The lowest BCUT2D eigenvalue weighted by molar-refractivity contribution is 0.635. The van der Waals surface area contributed by atoms with Gasteiger partial charge in [0, 0.05) is 0 Å². The molecule has 0 saturated carbocycles. The van der Waals surface area contributed by atoms with Crippen LogP contribution in [-0.4, -0.2) is 42.5 Å². The van der Waals surface area contributed by atoms with Crippen LogP contribution in [0.4, 0.5) is 0 Å². The molecule has 4 aromatic heterocycles. The monoisotopic (exact) mass is 381 g/mol. The van der Waals surface area contributed by atoms with E-state index < -0.39 is 17.1 Å². The highest BCUT2D eigenvalue weighted by Crippen LogP contribution is 2.04. The molecule has 0 amide bonds. The number of nitrogens with zero attached hydrogens (tertiary/aromatic N) is 9. The maximum atomic E-state index is 12.7. The maximum Gasteiger partial charge on any atom is 0.348 e. The predicted molar refractivity (Wildman–Crippen MR) is 83.6 cm³/mol. The Hall–Kier alpha value is -2.91. The molecule has 0 atom stereocenters. The van der Waals surface area contributed by atoms with Crippen LogP contribution in [0.15, 0.2) is 30.5 Å². The van der Waals surface area contributed by atoms with Crippen molar-refractivity contribution in [2.75, 3.05) is 0 Å². The van der Waals surface area contributed by atoms with Gasteiger partial charge in [-0.05, 0) is 34.6 Å². The van der Waals surface area contributed by atoms with Crippen LogP contribution in [0.5, 0.6) is 0 Å². The molecule has 0 unspecified atom stereocenters. The predicted octanol–water partition coefficient (Wildman–Crippen LogP) is -1.31. The van der Waals surface area contributed by atoms with Crippen molar-refractivity contribution in [3.05, 3.63) is 47.6 Å². The van der Waals surface area contributed by atoms with E-state index in [2.05, 4.69) is 28.8 Å². The summed E-state index contributed by atoms with van der Waals surface area (Å²) in [6, 6.07) is 0. The minimum absolute atomic E-state index is 0.0103. The molecule has 15 heteroatoms. The molecule has 0 aliphatic heterocycles. The van der Waals surface area contributed by atoms with Gasteiger partial charge in [-0.1, -0.05) is 13.5 Å². The Morgan fingerprint density at radius 1 is 0.583 bits per heavy atom. The van der Waals surface area contributed by atoms with Crippen molar-refractivity contribution < 1.29 is 0 Å². The van der Waals surface area contributed by atoms with Crippen LogP contribution in [0.1, 0.15) is 0 Å². The molecule has 12 nitrogen and oxygen atoms in total. The molecule has 4 heterocycles. The van der Waals surface area contributed by atoms with Gasteiger partial charge in [0.1, 0.15) is 0 Å². The third-order valence-electron chi connectivity index (χ3n) is 2.88. The van der Waals surface area contributed by atoms with Gasteiger partial charge in [0.15, 0.2) is 17.5 Å². The fourth-order valence-corrected chi connectivity index (χ4v) is 3.18. The lowest BCUT2D eigenvalue weighted by Gasteiger charge is -2.08. The fraction of sp³-hybridized carbons (Fsp3) is 0. The van der Waals surface area contributed by atoms with Gasteiger partial charge in [0.05, 0.1) is 16.1 Å². The third-order valence-corrected chi connectivity index (χ3v) is 4.36. The average Bonchev–Trinajstić information content (AvgIpc) is 3.31. The molecular formula is C9H3N9O3S3. The molecule has 0 bridgehead atoms. The van der Waals surface area contributed by atoms with E-state index in [4.69, 9.17) is 0 Å². The van der Waals surface area contributed by atoms with Gasteiger partial charge in [-0.25, -0.2) is 14.4 Å². The molecule has 0 fully saturated rings. The van der Waals surface area contributed by atoms with E-state index in [0.717, 1.165) is 34.6 Å². The van der Waals surface area contributed by atoms with E-state index in [1.807, 2.05) is 0 Å². The van der Waals surface area contributed by atoms with Gasteiger partial charge in [-0.2, -0.15) is 13.7 Å². The van der Waals surface area contributed by atoms with Crippen molar-refractivity contribution in [2.24, 2.45) is 0 Å². The number of aromatic nitrogens is 9. The lowest BCUT2D eigenvalue weighted by Crippen LogP contribution is -2.53. The molecule has 24 heavy (non-hydrogen) atoms. The summed E-state index contributed by atoms with van der Waals surface area (Å²) in [7, 11) is 0. The normalized spacial score (nSPS) is 11.0. The zero-order valence-corrected chi connectivity index (χ0v) is 13.7. The van der Waals surface area contributed by atoms with E-state index in [0.29, 0.717) is 13.7 Å². The summed E-state index contributed by atoms with van der Waals surface area (Å²) < 4.78 is 13.0. The van der Waals surface area contributed by atoms with E-state index in [-0.39, 0.29) is 17.5 Å². The summed E-state index contributed by atoms with van der Waals surface area (Å²) in [6.45, 7) is 0. The second-order valence-electron chi connectivity index (χ2n) is 4.14. The van der Waals surface area contributed by atoms with Gasteiger partial charge in [0.2, 0.25) is 0 Å². The zero-order valence-electron chi connectivity index (χ0n) is 11.2. The van der Waals surface area contributed by atoms with E-state index >= 15 is 0 Å². The first-order chi connectivity index (χ1) is 11.7. The summed E-state index contributed by atoms with van der Waals surface area (Å²) in [5.74, 6) is -0.0309. The Bertz CT molecular complexity index is 976. The van der Waals surface area contributed by atoms with Gasteiger partial charge < -0.3 is 0 Å². The molecule has 0 saturated heterocycles. The highest BCUT2D eigenvalue weighted by Gasteiger charge is 2.22. The molecule has 0 spiro atoms. The second kappa shape index (κ2) is 5.62. The highest BCUT2D eigenvalue weighted by atomic mass is 32.1. The standard InChI is InChI=1S/C9H3N9O3S3/c19-7-16(4-1-22-13-10-4)8(20)18(6-3-24-15-12-6)9(21)17(7)5-2-23-14-11-5/h1-3H. The molecule has 0 aliphatic rings. The summed E-state index contributed by atoms with van der Waals surface area (Å²) in [5.41, 5.74) is -2.78. The number of hydrogen-bond acceptors (Lipinski definition) is 12. The molecule has 4 aromatic rings. The third kappa shape index (κ3) is 2.14. The number of rotatable bonds is 3. The van der Waals surface area contributed by atoms with Crippen molar-refractivity contribution in [3.63, 3.8) is 0 Å². The van der Waals surface area contributed by atoms with Crippen LogP contribution in [0.25, 0.3) is 17.5 Å². The fourth-order valence-electron chi connectivity index (χ4n) is 1.90. The van der Waals surface area contributed by atoms with Gasteiger partial charge >= 0.3 is 17.1 Å². The van der Waals surface area contributed by atoms with Crippen molar-refractivity contribution in [1.82, 2.24) is 42.5 Å². The first-order valence-corrected chi connectivity index (χ1v) is 8.53. The van der Waals surface area contributed by atoms with Crippen LogP contribution >= 0.6 is 34.6 Å². The summed E-state index contributed by atoms with van der Waals surface area (Å²) in [4.78, 5) is 38.0. The van der Waals surface area contributed by atoms with Crippen molar-refractivity contribution >= 4 is 34.6 Å². The summed E-state index contributed by atoms with van der Waals surface area (Å²) in [6.07, 6.45) is 0. The van der Waals surface area contributed by atoms with E-state index in [1.54, 1.807) is 0 Å². The van der Waals surface area contributed by atoms with Crippen molar-refractivity contribution in [3.8, 4) is 17.5 Å². The van der Waals surface area contributed by atoms with Crippen LogP contribution < -0.4 is 17.1 Å². The summed E-state index contributed by atoms with van der Waals surface area (Å²) in [5, 5.41) is 15.4. The van der Waals surface area contributed by atoms with E-state index in [1.165, 1.54) is 16.1 Å². The van der Waals surface area contributed by atoms with Crippen LogP contribution in [0.3, 0.4) is 0 Å². The Kier molecular flexibility index (Phi) is 3.44. The number of hydrogen-bond donors (Lipinski definition) is 0. The molecule has 0 aromatic carbocycles. The Balaban J connectivity index is 2.19. The Morgan fingerprint density at radius 2 is 0.875 bits per heavy atom. The highest BCUT2D eigenvalue weighted by molar-refractivity contribution is 7.04. The van der Waals surface area contributed by atoms with Gasteiger partial charge in [-0.3, -0.25) is 0 Å². The SMILES string of the molecule is O=c1n(-c2csnn2)c(=O)n(-c2csnn2)c(=O)n1-c1csnn1. The van der Waals surface area contributed by atoms with Gasteiger partial charge in [0.25, 0.3) is 0 Å². The van der Waals surface area contributed by atoms with Crippen molar-refractivity contribution in [1.29, 1.82) is 0 Å². The molecule has 120 valence electrons. The topological polar surface area (TPSA) is 143 Å². The zero-order chi connectivity index (χ0) is 16.7. The van der Waals surface area contributed by atoms with Crippen molar-refractivity contribution in [2.45, 2.75) is 0 Å². The molecule has 0 N–H and O–H groups in total. The van der Waals surface area contributed by atoms with Crippen LogP contribution in [0, 0.1) is 0 Å². The molecule has 4 rings (SSSR count). The average molecular weight is 381 g/mol. The lowest BCUT2D eigenvalue weighted by atomic mass is 10.6. The van der Waals surface area contributed by atoms with Crippen LogP contribution in [-0.2, 0) is 0 Å². The molecule has 0 radical (unpaired) electrons.